The Balaban J connectivity index is 1.72. The molecule has 2 unspecified atom stereocenters. The predicted molar refractivity (Wildman–Crippen MR) is 64.8 cm³/mol. The molecule has 92 valence electrons. The molecule has 0 aliphatic heterocycles. The second kappa shape index (κ2) is 4.36. The van der Waals surface area contributed by atoms with E-state index in [1.165, 1.54) is 19.3 Å². The minimum absolute atomic E-state index is 0.133. The van der Waals surface area contributed by atoms with Crippen molar-refractivity contribution in [2.45, 2.75) is 39.5 Å². The monoisotopic (exact) mass is 224 g/mol. The van der Waals surface area contributed by atoms with Crippen molar-refractivity contribution < 1.29 is 4.79 Å². The second-order valence-corrected chi connectivity index (χ2v) is 6.21. The van der Waals surface area contributed by atoms with Crippen molar-refractivity contribution in [3.8, 4) is 0 Å². The highest BCUT2D eigenvalue weighted by atomic mass is 16.2. The molecule has 0 aromatic heterocycles. The molecule has 0 bridgehead atoms. The van der Waals surface area contributed by atoms with E-state index in [2.05, 4.69) is 19.2 Å². The lowest BCUT2D eigenvalue weighted by Gasteiger charge is -2.24. The molecule has 2 fully saturated rings. The van der Waals surface area contributed by atoms with Crippen molar-refractivity contribution >= 4 is 5.91 Å². The first-order valence-corrected chi connectivity index (χ1v) is 6.53. The highest BCUT2D eigenvalue weighted by Gasteiger charge is 2.56. The number of hydrogen-bond donors (Lipinski definition) is 2. The summed E-state index contributed by atoms with van der Waals surface area (Å²) in [5.41, 5.74) is 5.69. The van der Waals surface area contributed by atoms with Crippen LogP contribution in [0.5, 0.6) is 0 Å². The zero-order valence-corrected chi connectivity index (χ0v) is 10.5. The first-order chi connectivity index (χ1) is 7.55. The molecule has 1 amide bonds. The van der Waals surface area contributed by atoms with Gasteiger partial charge in [0.15, 0.2) is 0 Å². The van der Waals surface area contributed by atoms with Gasteiger partial charge in [-0.2, -0.15) is 0 Å². The van der Waals surface area contributed by atoms with Crippen LogP contribution in [0.15, 0.2) is 0 Å². The molecule has 2 atom stereocenters. The average Bonchev–Trinajstić information content (AvgIpc) is 2.69. The summed E-state index contributed by atoms with van der Waals surface area (Å²) in [5, 5.41) is 3.10. The second-order valence-electron chi connectivity index (χ2n) is 6.21. The first kappa shape index (κ1) is 11.9. The van der Waals surface area contributed by atoms with Gasteiger partial charge in [0.2, 0.25) is 5.91 Å². The highest BCUT2D eigenvalue weighted by molar-refractivity contribution is 5.82. The summed E-state index contributed by atoms with van der Waals surface area (Å²) in [6.07, 6.45) is 4.84. The molecular formula is C13H24N2O. The summed E-state index contributed by atoms with van der Waals surface area (Å²) >= 11 is 0. The van der Waals surface area contributed by atoms with Crippen LogP contribution < -0.4 is 11.1 Å². The van der Waals surface area contributed by atoms with Crippen LogP contribution in [-0.2, 0) is 4.79 Å². The van der Waals surface area contributed by atoms with E-state index in [9.17, 15) is 4.79 Å². The fraction of sp³-hybridized carbons (Fsp3) is 0.923. The van der Waals surface area contributed by atoms with Crippen molar-refractivity contribution in [2.75, 3.05) is 13.1 Å². The van der Waals surface area contributed by atoms with Crippen LogP contribution in [0.4, 0.5) is 0 Å². The Morgan fingerprint density at radius 1 is 1.38 bits per heavy atom. The predicted octanol–water partition coefficient (Wildman–Crippen LogP) is 1.52. The largest absolute Gasteiger partial charge is 0.355 e. The van der Waals surface area contributed by atoms with Gasteiger partial charge in [0, 0.05) is 12.5 Å². The average molecular weight is 224 g/mol. The number of carbonyl (C=O) groups is 1. The summed E-state index contributed by atoms with van der Waals surface area (Å²) in [4.78, 5) is 11.9. The van der Waals surface area contributed by atoms with Crippen LogP contribution in [0.1, 0.15) is 39.5 Å². The normalized spacial score (nSPS) is 32.3. The molecule has 3 N–H and O–H groups in total. The van der Waals surface area contributed by atoms with Crippen LogP contribution in [0, 0.1) is 23.2 Å². The van der Waals surface area contributed by atoms with Crippen molar-refractivity contribution in [3.05, 3.63) is 0 Å². The van der Waals surface area contributed by atoms with Crippen molar-refractivity contribution in [3.63, 3.8) is 0 Å². The molecule has 0 radical (unpaired) electrons. The number of nitrogens with one attached hydrogen (secondary N) is 1. The van der Waals surface area contributed by atoms with Gasteiger partial charge >= 0.3 is 0 Å². The Bertz CT molecular complexity index is 265. The molecule has 0 aromatic rings. The van der Waals surface area contributed by atoms with Crippen molar-refractivity contribution in [1.29, 1.82) is 0 Å². The zero-order valence-electron chi connectivity index (χ0n) is 10.5. The van der Waals surface area contributed by atoms with Crippen LogP contribution >= 0.6 is 0 Å². The summed E-state index contributed by atoms with van der Waals surface area (Å²) in [5.74, 6) is 2.08. The third-order valence-corrected chi connectivity index (χ3v) is 4.27. The minimum atomic E-state index is 0.133. The van der Waals surface area contributed by atoms with Crippen LogP contribution in [0.25, 0.3) is 0 Å². The fourth-order valence-corrected chi connectivity index (χ4v) is 3.13. The Kier molecular flexibility index (Phi) is 3.24. The van der Waals surface area contributed by atoms with E-state index in [4.69, 9.17) is 5.73 Å². The Labute approximate surface area is 98.2 Å². The van der Waals surface area contributed by atoms with Gasteiger partial charge in [-0.25, -0.2) is 0 Å². The molecular weight excluding hydrogens is 200 g/mol. The lowest BCUT2D eigenvalue weighted by atomic mass is 9.89. The summed E-state index contributed by atoms with van der Waals surface area (Å²) in [7, 11) is 0. The van der Waals surface area contributed by atoms with E-state index in [0.29, 0.717) is 18.4 Å². The Morgan fingerprint density at radius 2 is 2.00 bits per heavy atom. The fourth-order valence-electron chi connectivity index (χ4n) is 3.13. The smallest absolute Gasteiger partial charge is 0.223 e. The van der Waals surface area contributed by atoms with Crippen LogP contribution in [0.3, 0.4) is 0 Å². The molecule has 16 heavy (non-hydrogen) atoms. The third-order valence-electron chi connectivity index (χ3n) is 4.27. The summed E-state index contributed by atoms with van der Waals surface area (Å²) in [6.45, 7) is 5.78. The molecule has 0 saturated heterocycles. The quantitative estimate of drug-likeness (QED) is 0.744. The molecule has 2 rings (SSSR count). The van der Waals surface area contributed by atoms with E-state index >= 15 is 0 Å². The maximum Gasteiger partial charge on any atom is 0.223 e. The Hall–Kier alpha value is -0.570. The highest BCUT2D eigenvalue weighted by Crippen LogP contribution is 2.57. The minimum Gasteiger partial charge on any atom is -0.355 e. The lowest BCUT2D eigenvalue weighted by molar-refractivity contribution is -0.123. The maximum absolute atomic E-state index is 11.9. The number of hydrogen-bond acceptors (Lipinski definition) is 2. The lowest BCUT2D eigenvalue weighted by Crippen LogP contribution is -2.36. The number of nitrogens with two attached hydrogens (primary N) is 1. The topological polar surface area (TPSA) is 55.1 Å². The van der Waals surface area contributed by atoms with Gasteiger partial charge in [-0.1, -0.05) is 20.3 Å². The first-order valence-electron chi connectivity index (χ1n) is 6.53. The molecule has 0 spiro atoms. The number of carbonyl (C=O) groups excluding carboxylic acids is 1. The van der Waals surface area contributed by atoms with Gasteiger partial charge in [-0.15, -0.1) is 0 Å². The van der Waals surface area contributed by atoms with E-state index in [1.54, 1.807) is 0 Å². The molecule has 3 nitrogen and oxygen atoms in total. The van der Waals surface area contributed by atoms with Crippen molar-refractivity contribution in [2.24, 2.45) is 28.9 Å². The molecule has 0 heterocycles. The van der Waals surface area contributed by atoms with Gasteiger partial charge < -0.3 is 11.1 Å². The Morgan fingerprint density at radius 3 is 2.56 bits per heavy atom. The van der Waals surface area contributed by atoms with E-state index < -0.39 is 0 Å². The van der Waals surface area contributed by atoms with E-state index in [0.717, 1.165) is 24.8 Å². The number of rotatable bonds is 5. The summed E-state index contributed by atoms with van der Waals surface area (Å²) < 4.78 is 0. The van der Waals surface area contributed by atoms with Crippen molar-refractivity contribution in [1.82, 2.24) is 5.32 Å². The molecule has 3 heteroatoms. The standard InChI is InChI=1S/C13H24N2O/c1-13(2,6-7-14)8-15-12(16)11-9-4-3-5-10(9)11/h9-11H,3-8,14H2,1-2H3,(H,15,16). The summed E-state index contributed by atoms with van der Waals surface area (Å²) in [6, 6.07) is 0. The van der Waals surface area contributed by atoms with Gasteiger partial charge in [0.1, 0.15) is 0 Å². The molecule has 0 aromatic carbocycles. The van der Waals surface area contributed by atoms with E-state index in [1.807, 2.05) is 0 Å². The van der Waals surface area contributed by atoms with Gasteiger partial charge in [0.05, 0.1) is 0 Å². The molecule has 2 aliphatic rings. The van der Waals surface area contributed by atoms with Gasteiger partial charge in [0.25, 0.3) is 0 Å². The molecule has 2 aliphatic carbocycles. The zero-order chi connectivity index (χ0) is 11.8. The van der Waals surface area contributed by atoms with E-state index in [-0.39, 0.29) is 5.41 Å². The number of amides is 1. The van der Waals surface area contributed by atoms with Crippen LogP contribution in [-0.4, -0.2) is 19.0 Å². The van der Waals surface area contributed by atoms with Gasteiger partial charge in [-0.3, -0.25) is 4.79 Å². The maximum atomic E-state index is 11.9. The van der Waals surface area contributed by atoms with Gasteiger partial charge in [-0.05, 0) is 43.1 Å². The van der Waals surface area contributed by atoms with Crippen LogP contribution in [0.2, 0.25) is 0 Å². The molecule has 2 saturated carbocycles. The third kappa shape index (κ3) is 2.40. The SMILES string of the molecule is CC(C)(CCN)CNC(=O)C1C2CCCC21. The number of fused-ring (bicyclic) bond motifs is 1.